The van der Waals surface area contributed by atoms with Gasteiger partial charge >= 0.3 is 28.9 Å². The third kappa shape index (κ3) is 6.95. The molecule has 0 spiro atoms. The summed E-state index contributed by atoms with van der Waals surface area (Å²) >= 11 is 1.05. The summed E-state index contributed by atoms with van der Waals surface area (Å²) in [5, 5.41) is 10.8. The van der Waals surface area contributed by atoms with Crippen molar-refractivity contribution in [3.8, 4) is 0 Å². The molecule has 213 valence electrons. The summed E-state index contributed by atoms with van der Waals surface area (Å²) < 4.78 is 0. The van der Waals surface area contributed by atoms with Crippen molar-refractivity contribution in [3.63, 3.8) is 0 Å². The van der Waals surface area contributed by atoms with Crippen LogP contribution < -0.4 is 0 Å². The molecule has 0 aliphatic heterocycles. The van der Waals surface area contributed by atoms with Gasteiger partial charge in [0.2, 0.25) is 0 Å². The molecule has 1 radical (unpaired) electrons. The Bertz CT molecular complexity index is 1920. The van der Waals surface area contributed by atoms with Gasteiger partial charge in [-0.25, -0.2) is 0 Å². The van der Waals surface area contributed by atoms with Crippen molar-refractivity contribution in [1.29, 1.82) is 0 Å². The number of benzene rings is 7. The first kappa shape index (κ1) is 33.5. The molecule has 0 N–H and O–H groups in total. The second-order valence-corrected chi connectivity index (χ2v) is 10.1. The zero-order valence-electron chi connectivity index (χ0n) is 24.1. The van der Waals surface area contributed by atoms with Gasteiger partial charge in [-0.15, -0.1) is 48.1 Å². The monoisotopic (exact) mass is 680 g/mol. The average Bonchev–Trinajstić information content (AvgIpc) is 3.77. The van der Waals surface area contributed by atoms with E-state index in [4.69, 9.17) is 0 Å². The van der Waals surface area contributed by atoms with Crippen molar-refractivity contribution in [2.75, 3.05) is 0 Å². The number of hydrogen-bond donors (Lipinski definition) is 0. The summed E-state index contributed by atoms with van der Waals surface area (Å²) in [6.45, 7) is 0. The summed E-state index contributed by atoms with van der Waals surface area (Å²) in [6.07, 6.45) is 13.0. The van der Waals surface area contributed by atoms with Crippen LogP contribution in [0, 0.1) is 18.2 Å². The standard InChI is InChI=1S/2C17H11.C6H5.B.2ClH.Zr/c2*1-2-6-15-12(4-1)8-10-14-11-9-13-5-3-7-16(13)17(14)15;1-2-4-6-5-3-1;;;;/h2*1-4,6,8-11H,7H2;1-5H;;2*1H;/q3*-1;;;;. The quantitative estimate of drug-likeness (QED) is 0.0849. The van der Waals surface area contributed by atoms with Crippen LogP contribution >= 0.6 is 24.8 Å². The Labute approximate surface area is 287 Å². The smallest absolute Gasteiger partial charge is 0.0188 e. The minimum absolute atomic E-state index is 0. The fourth-order valence-corrected chi connectivity index (χ4v) is 5.91. The van der Waals surface area contributed by atoms with Gasteiger partial charge in [0.15, 0.2) is 0 Å². The molecule has 0 fully saturated rings. The molecule has 7 aromatic rings. The van der Waals surface area contributed by atoms with Gasteiger partial charge in [-0.3, -0.25) is 0 Å². The van der Waals surface area contributed by atoms with Gasteiger partial charge < -0.3 is 0 Å². The normalized spacial score (nSPS) is 11.5. The molecule has 2 aliphatic rings. The first-order valence-electron chi connectivity index (χ1n) is 14.1. The van der Waals surface area contributed by atoms with E-state index in [1.807, 2.05) is 30.3 Å². The molecule has 9 rings (SSSR count). The van der Waals surface area contributed by atoms with Crippen LogP contribution in [0.4, 0.5) is 0 Å². The molecule has 4 heteroatoms. The molecule has 7 aromatic carbocycles. The van der Waals surface area contributed by atoms with Crippen molar-refractivity contribution in [1.82, 2.24) is 0 Å². The van der Waals surface area contributed by atoms with E-state index in [1.54, 1.807) is 0 Å². The molecule has 0 heterocycles. The van der Waals surface area contributed by atoms with Crippen molar-refractivity contribution in [2.24, 2.45) is 0 Å². The van der Waals surface area contributed by atoms with Gasteiger partial charge in [0.1, 0.15) is 0 Å². The van der Waals surface area contributed by atoms with Gasteiger partial charge in [0.25, 0.3) is 0 Å². The Morgan fingerprint density at radius 1 is 0.455 bits per heavy atom. The zero-order chi connectivity index (χ0) is 28.7. The van der Waals surface area contributed by atoms with Crippen LogP contribution in [0.3, 0.4) is 0 Å². The molecule has 0 unspecified atom stereocenters. The molecule has 0 amide bonds. The maximum Gasteiger partial charge on any atom is -0.0188 e. The van der Waals surface area contributed by atoms with Gasteiger partial charge in [-0.2, -0.15) is 84.0 Å². The van der Waals surface area contributed by atoms with E-state index in [2.05, 4.69) is 132 Å². The Balaban J connectivity index is 0.000000156. The van der Waals surface area contributed by atoms with E-state index < -0.39 is 0 Å². The molecular weight excluding hydrogens is 653 g/mol. The molecule has 2 aliphatic carbocycles. The summed E-state index contributed by atoms with van der Waals surface area (Å²) in [5.74, 6) is 0. The van der Waals surface area contributed by atoms with Crippen LogP contribution in [0.1, 0.15) is 22.3 Å². The Morgan fingerprint density at radius 2 is 0.864 bits per heavy atom. The number of rotatable bonds is 0. The summed E-state index contributed by atoms with van der Waals surface area (Å²) in [6, 6.07) is 47.3. The maximum absolute atomic E-state index is 4.59. The van der Waals surface area contributed by atoms with Crippen LogP contribution in [0.15, 0.2) is 140 Å². The number of hydrogen-bond acceptors (Lipinski definition) is 0. The Morgan fingerprint density at radius 3 is 1.27 bits per heavy atom. The second kappa shape index (κ2) is 16.1. The van der Waals surface area contributed by atoms with Gasteiger partial charge in [0.05, 0.1) is 0 Å². The number of halogens is 2. The van der Waals surface area contributed by atoms with Gasteiger partial charge in [0, 0.05) is 0 Å². The van der Waals surface area contributed by atoms with E-state index in [-0.39, 0.29) is 24.8 Å². The molecule has 0 nitrogen and oxygen atoms in total. The minimum atomic E-state index is 0. The first-order valence-corrected chi connectivity index (χ1v) is 15.5. The topological polar surface area (TPSA) is 0 Å². The predicted octanol–water partition coefficient (Wildman–Crippen LogP) is 10.5. The SMILES string of the molecule is Cl.Cl.[B]=[Zr].[C-]1=CCc2c1ccc1ccc3ccccc3c21.[C-]1=CCc2c1ccc1ccc3ccccc3c21.[c-]1ccccc1. The number of allylic oxidation sites excluding steroid dienone is 2. The third-order valence-corrected chi connectivity index (χ3v) is 7.77. The third-order valence-electron chi connectivity index (χ3n) is 7.77. The van der Waals surface area contributed by atoms with Crippen molar-refractivity contribution < 1.29 is 24.0 Å². The van der Waals surface area contributed by atoms with E-state index >= 15 is 0 Å². The van der Waals surface area contributed by atoms with E-state index in [0.29, 0.717) is 0 Å². The van der Waals surface area contributed by atoms with Crippen LogP contribution in [0.25, 0.3) is 43.1 Å². The maximum atomic E-state index is 4.59. The molecule has 0 bridgehead atoms. The molecule has 44 heavy (non-hydrogen) atoms. The van der Waals surface area contributed by atoms with Crippen molar-refractivity contribution in [2.45, 2.75) is 12.8 Å². The molecule has 0 saturated carbocycles. The molecule has 0 aromatic heterocycles. The Kier molecular flexibility index (Phi) is 12.2. The van der Waals surface area contributed by atoms with E-state index in [9.17, 15) is 0 Å². The summed E-state index contributed by atoms with van der Waals surface area (Å²) in [7, 11) is 0. The van der Waals surface area contributed by atoms with E-state index in [0.717, 1.165) is 36.8 Å². The number of fused-ring (bicyclic) bond motifs is 10. The summed E-state index contributed by atoms with van der Waals surface area (Å²) in [5.41, 5.74) is 5.38. The second-order valence-electron chi connectivity index (χ2n) is 10.1. The minimum Gasteiger partial charge on any atom is -0.189 e. The van der Waals surface area contributed by atoms with Crippen LogP contribution in [0.2, 0.25) is 0 Å². The van der Waals surface area contributed by atoms with Gasteiger partial charge in [-0.1, -0.05) is 96.4 Å². The van der Waals surface area contributed by atoms with Crippen LogP contribution in [0.5, 0.6) is 0 Å². The summed E-state index contributed by atoms with van der Waals surface area (Å²) in [4.78, 5) is 4.59. The van der Waals surface area contributed by atoms with Crippen LogP contribution in [-0.4, -0.2) is 4.94 Å². The fraction of sp³-hybridized carbons (Fsp3) is 0.0500. The average molecular weight is 683 g/mol. The van der Waals surface area contributed by atoms with E-state index in [1.165, 1.54) is 65.3 Å². The van der Waals surface area contributed by atoms with Gasteiger partial charge in [-0.05, 0) is 32.3 Å². The van der Waals surface area contributed by atoms with Crippen molar-refractivity contribution in [3.05, 3.63) is 180 Å². The molecular formula is C40H29BCl2Zr-3. The largest absolute Gasteiger partial charge is 0.189 e. The first-order chi connectivity index (χ1) is 20.9. The Hall–Kier alpha value is -3.41. The van der Waals surface area contributed by atoms with Crippen molar-refractivity contribution >= 4 is 72.8 Å². The van der Waals surface area contributed by atoms with Crippen LogP contribution in [-0.2, 0) is 36.8 Å². The fourth-order valence-electron chi connectivity index (χ4n) is 5.91. The molecule has 0 saturated heterocycles. The molecule has 0 atom stereocenters. The predicted molar refractivity (Wildman–Crippen MR) is 190 cm³/mol. The zero-order valence-corrected chi connectivity index (χ0v) is 28.2.